The molecule has 3 saturated heterocycles. The molecule has 2 unspecified atom stereocenters. The van der Waals surface area contributed by atoms with Crippen molar-refractivity contribution in [2.75, 3.05) is 11.5 Å². The largest absolute Gasteiger partial charge is 0.493 e. The molecule has 6 rings (SSSR count). The third-order valence-corrected chi connectivity index (χ3v) is 8.21. The molecule has 36 heavy (non-hydrogen) atoms. The second kappa shape index (κ2) is 8.04. The molecule has 1 N–H and O–H groups in total. The zero-order valence-corrected chi connectivity index (χ0v) is 20.2. The molecule has 0 aliphatic carbocycles. The van der Waals surface area contributed by atoms with Gasteiger partial charge in [-0.25, -0.2) is 9.74 Å². The van der Waals surface area contributed by atoms with Crippen LogP contribution in [0.4, 0.5) is 11.4 Å². The summed E-state index contributed by atoms with van der Waals surface area (Å²) in [6.45, 7) is 9.44. The number of halogens is 1. The number of hydrogen-bond acceptors (Lipinski definition) is 5. The summed E-state index contributed by atoms with van der Waals surface area (Å²) in [5.41, 5.74) is -1.28. The van der Waals surface area contributed by atoms with Gasteiger partial charge in [-0.1, -0.05) is 41.9 Å². The number of amides is 2. The Morgan fingerprint density at radius 3 is 2.50 bits per heavy atom. The van der Waals surface area contributed by atoms with E-state index < -0.39 is 29.1 Å². The van der Waals surface area contributed by atoms with Gasteiger partial charge in [0.05, 0.1) is 42.4 Å². The lowest BCUT2D eigenvalue weighted by Gasteiger charge is -2.33. The first-order chi connectivity index (χ1) is 17.3. The summed E-state index contributed by atoms with van der Waals surface area (Å²) in [6.07, 6.45) is -0.292. The van der Waals surface area contributed by atoms with Crippen LogP contribution in [0.5, 0.6) is 5.75 Å². The van der Waals surface area contributed by atoms with E-state index in [0.717, 1.165) is 0 Å². The normalized spacial score (nSPS) is 30.6. The molecule has 0 radical (unpaired) electrons. The summed E-state index contributed by atoms with van der Waals surface area (Å²) in [4.78, 5) is 32.6. The zero-order chi connectivity index (χ0) is 25.2. The number of hydrogen-bond donors (Lipinski definition) is 1. The van der Waals surface area contributed by atoms with Gasteiger partial charge in [0.1, 0.15) is 11.4 Å². The fourth-order valence-electron chi connectivity index (χ4n) is 6.29. The fraction of sp³-hybridized carbons (Fsp3) is 0.321. The average molecular weight is 503 g/mol. The van der Waals surface area contributed by atoms with Crippen LogP contribution in [0.2, 0.25) is 5.02 Å². The first-order valence-electron chi connectivity index (χ1n) is 11.8. The standard InChI is InChI=1S/C28H23ClN2O5/c1-27-22(32)15-28(36-27,13-14-35-17-9-7-16(29)8-10-17)24-23(27)25(33)31(26(24)34)21-12-11-20(30-2)18-5-3-4-6-19(18)21/h3-12,22-24,32H,13-15H2,1H3/t22-,23-,24+,27?,28?/m1/s1. The Hall–Kier alpha value is -3.44. The molecule has 2 bridgehead atoms. The minimum atomic E-state index is -1.17. The molecule has 0 spiro atoms. The van der Waals surface area contributed by atoms with Crippen LogP contribution in [0.3, 0.4) is 0 Å². The number of imide groups is 1. The Balaban J connectivity index is 1.35. The second-order valence-electron chi connectivity index (χ2n) is 9.85. The van der Waals surface area contributed by atoms with Gasteiger partial charge in [0, 0.05) is 17.9 Å². The van der Waals surface area contributed by atoms with Crippen molar-refractivity contribution >= 4 is 45.6 Å². The lowest BCUT2D eigenvalue weighted by atomic mass is 9.66. The molecule has 3 fully saturated rings. The lowest BCUT2D eigenvalue weighted by molar-refractivity contribution is -0.134. The minimum Gasteiger partial charge on any atom is -0.493 e. The minimum absolute atomic E-state index is 0.248. The second-order valence-corrected chi connectivity index (χ2v) is 10.3. The first-order valence-corrected chi connectivity index (χ1v) is 12.2. The van der Waals surface area contributed by atoms with E-state index in [1.807, 2.05) is 24.3 Å². The van der Waals surface area contributed by atoms with Crippen LogP contribution in [-0.2, 0) is 14.3 Å². The number of rotatable bonds is 5. The summed E-state index contributed by atoms with van der Waals surface area (Å²) in [5.74, 6) is -1.62. The van der Waals surface area contributed by atoms with Crippen LogP contribution in [-0.4, -0.2) is 40.8 Å². The van der Waals surface area contributed by atoms with Gasteiger partial charge in [0.15, 0.2) is 5.69 Å². The van der Waals surface area contributed by atoms with Gasteiger partial charge in [-0.3, -0.25) is 9.59 Å². The van der Waals surface area contributed by atoms with Crippen molar-refractivity contribution in [3.8, 4) is 5.75 Å². The maximum atomic E-state index is 13.9. The van der Waals surface area contributed by atoms with E-state index in [-0.39, 0.29) is 24.8 Å². The Bertz CT molecular complexity index is 1450. The number of aliphatic hydroxyl groups excluding tert-OH is 1. The zero-order valence-electron chi connectivity index (χ0n) is 19.5. The van der Waals surface area contributed by atoms with Gasteiger partial charge in [-0.15, -0.1) is 0 Å². The highest BCUT2D eigenvalue weighted by molar-refractivity contribution is 6.30. The Morgan fingerprint density at radius 2 is 1.78 bits per heavy atom. The van der Waals surface area contributed by atoms with Crippen LogP contribution in [0.25, 0.3) is 15.6 Å². The van der Waals surface area contributed by atoms with Crippen LogP contribution >= 0.6 is 11.6 Å². The highest BCUT2D eigenvalue weighted by Gasteiger charge is 2.77. The van der Waals surface area contributed by atoms with Crippen LogP contribution < -0.4 is 9.64 Å². The van der Waals surface area contributed by atoms with Gasteiger partial charge in [-0.05, 0) is 48.0 Å². The van der Waals surface area contributed by atoms with E-state index in [1.54, 1.807) is 43.3 Å². The molecule has 7 nitrogen and oxygen atoms in total. The van der Waals surface area contributed by atoms with Gasteiger partial charge in [-0.2, -0.15) is 0 Å². The van der Waals surface area contributed by atoms with E-state index in [9.17, 15) is 14.7 Å². The van der Waals surface area contributed by atoms with Crippen molar-refractivity contribution < 1.29 is 24.2 Å². The van der Waals surface area contributed by atoms with Crippen molar-refractivity contribution in [3.63, 3.8) is 0 Å². The summed E-state index contributed by atoms with van der Waals surface area (Å²) < 4.78 is 12.3. The van der Waals surface area contributed by atoms with Gasteiger partial charge < -0.3 is 14.6 Å². The van der Waals surface area contributed by atoms with Gasteiger partial charge >= 0.3 is 0 Å². The average Bonchev–Trinajstić information content (AvgIpc) is 3.41. The van der Waals surface area contributed by atoms with Crippen molar-refractivity contribution in [3.05, 3.63) is 77.1 Å². The molecule has 8 heteroatoms. The monoisotopic (exact) mass is 502 g/mol. The summed E-state index contributed by atoms with van der Waals surface area (Å²) in [7, 11) is 0. The number of fused-ring (bicyclic) bond motifs is 6. The van der Waals surface area contributed by atoms with E-state index in [1.165, 1.54) is 4.90 Å². The third-order valence-electron chi connectivity index (χ3n) is 7.96. The van der Waals surface area contributed by atoms with Crippen molar-refractivity contribution in [2.24, 2.45) is 11.8 Å². The summed E-state index contributed by atoms with van der Waals surface area (Å²) in [6, 6.07) is 17.5. The number of anilines is 1. The Kier molecular flexibility index (Phi) is 5.13. The maximum absolute atomic E-state index is 13.9. The van der Waals surface area contributed by atoms with E-state index >= 15 is 0 Å². The SMILES string of the molecule is [C-]#[N+]c1ccc(N2C(=O)[C@@H]3[C@H](C2=O)C2(C)OC3(CCOc3ccc(Cl)cc3)C[C@H]2O)c2ccccc12. The highest BCUT2D eigenvalue weighted by Crippen LogP contribution is 2.62. The molecule has 2 amide bonds. The van der Waals surface area contributed by atoms with Gasteiger partial charge in [0.2, 0.25) is 11.8 Å². The number of benzene rings is 3. The first kappa shape index (κ1) is 23.0. The molecular weight excluding hydrogens is 480 g/mol. The highest BCUT2D eigenvalue weighted by atomic mass is 35.5. The summed E-state index contributed by atoms with van der Waals surface area (Å²) >= 11 is 5.95. The quantitative estimate of drug-likeness (QED) is 0.396. The molecular formula is C28H23ClN2O5. The number of carbonyl (C=O) groups is 2. The van der Waals surface area contributed by atoms with Crippen LogP contribution in [0.15, 0.2) is 60.7 Å². The number of carbonyl (C=O) groups excluding carboxylic acids is 2. The van der Waals surface area contributed by atoms with Crippen molar-refractivity contribution in [1.29, 1.82) is 0 Å². The Labute approximate surface area is 213 Å². The molecule has 3 aliphatic heterocycles. The number of ether oxygens (including phenoxy) is 2. The molecule has 0 aromatic heterocycles. The van der Waals surface area contributed by atoms with E-state index in [0.29, 0.717) is 39.3 Å². The third kappa shape index (κ3) is 3.12. The molecule has 3 aliphatic rings. The predicted molar refractivity (Wildman–Crippen MR) is 134 cm³/mol. The van der Waals surface area contributed by atoms with Crippen LogP contribution in [0, 0.1) is 18.4 Å². The van der Waals surface area contributed by atoms with Crippen LogP contribution in [0.1, 0.15) is 19.8 Å². The fourth-order valence-corrected chi connectivity index (χ4v) is 6.42. The maximum Gasteiger partial charge on any atom is 0.240 e. The smallest absolute Gasteiger partial charge is 0.240 e. The van der Waals surface area contributed by atoms with Gasteiger partial charge in [0.25, 0.3) is 0 Å². The molecule has 3 aromatic carbocycles. The Morgan fingerprint density at radius 1 is 1.08 bits per heavy atom. The van der Waals surface area contributed by atoms with E-state index in [4.69, 9.17) is 27.6 Å². The molecule has 5 atom stereocenters. The summed E-state index contributed by atoms with van der Waals surface area (Å²) in [5, 5.41) is 12.9. The molecule has 182 valence electrons. The molecule has 0 saturated carbocycles. The van der Waals surface area contributed by atoms with E-state index in [2.05, 4.69) is 4.85 Å². The number of aliphatic hydroxyl groups is 1. The number of nitrogens with zero attached hydrogens (tertiary/aromatic N) is 2. The van der Waals surface area contributed by atoms with Crippen molar-refractivity contribution in [1.82, 2.24) is 0 Å². The van der Waals surface area contributed by atoms with Crippen molar-refractivity contribution in [2.45, 2.75) is 37.1 Å². The molecule has 3 aromatic rings. The lowest BCUT2D eigenvalue weighted by Crippen LogP contribution is -2.49. The topological polar surface area (TPSA) is 80.4 Å². The predicted octanol–water partition coefficient (Wildman–Crippen LogP) is 4.91. The molecule has 3 heterocycles.